The monoisotopic (exact) mass is 1250 g/mol. The van der Waals surface area contributed by atoms with Crippen LogP contribution in [0.4, 0.5) is 45.3 Å². The molecule has 3 aliphatic rings. The molecule has 0 bridgehead atoms. The summed E-state index contributed by atoms with van der Waals surface area (Å²) in [6.07, 6.45) is 11.4. The second kappa shape index (κ2) is 32.4. The Balaban J connectivity index is 0.000000246. The number of carbonyl (C=O) groups excluding carboxylic acids is 5. The maximum absolute atomic E-state index is 12.8. The van der Waals surface area contributed by atoms with Crippen LogP contribution >= 0.6 is 11.6 Å². The van der Waals surface area contributed by atoms with Crippen molar-refractivity contribution in [1.82, 2.24) is 50.0 Å². The van der Waals surface area contributed by atoms with E-state index >= 15 is 0 Å². The minimum Gasteiger partial charge on any atom is -1.00 e. The average molecular weight is 1250 g/mol. The van der Waals surface area contributed by atoms with Crippen molar-refractivity contribution in [1.29, 1.82) is 0 Å². The predicted octanol–water partition coefficient (Wildman–Crippen LogP) is 4.28. The third-order valence-corrected chi connectivity index (χ3v) is 13.9. The molecule has 26 nitrogen and oxygen atoms in total. The summed E-state index contributed by atoms with van der Waals surface area (Å²) in [6.45, 7) is 23.7. The summed E-state index contributed by atoms with van der Waals surface area (Å²) in [4.78, 5) is 101. The lowest BCUT2D eigenvalue weighted by molar-refractivity contribution is -0.364. The second-order valence-electron chi connectivity index (χ2n) is 22.3. The number of hydrogen-bond donors (Lipinski definition) is 4. The number of benzene rings is 2. The van der Waals surface area contributed by atoms with Crippen molar-refractivity contribution in [2.45, 2.75) is 144 Å². The van der Waals surface area contributed by atoms with Crippen LogP contribution in [-0.4, -0.2) is 151 Å². The summed E-state index contributed by atoms with van der Waals surface area (Å²) in [7, 11) is 9.06. The highest BCUT2D eigenvalue weighted by molar-refractivity contribution is 6.28. The first-order valence-electron chi connectivity index (χ1n) is 28.7. The Hall–Kier alpha value is -8.59. The molecule has 0 unspecified atom stereocenters. The molecule has 476 valence electrons. The van der Waals surface area contributed by atoms with Crippen LogP contribution in [0.15, 0.2) is 97.9 Å². The number of H-pyrrole nitrogens is 1. The Kier molecular flexibility index (Phi) is 26.5. The van der Waals surface area contributed by atoms with Gasteiger partial charge in [-0.05, 0) is 98.2 Å². The molecule has 28 heteroatoms. The quantitative estimate of drug-likeness (QED) is 0.0332. The fraction of sp³-hybridized carbons (Fsp3) is 0.450. The van der Waals surface area contributed by atoms with Gasteiger partial charge in [-0.15, -0.1) is 0 Å². The fourth-order valence-electron chi connectivity index (χ4n) is 9.71. The molecule has 3 aliphatic heterocycles. The van der Waals surface area contributed by atoms with Crippen LogP contribution in [0.1, 0.15) is 113 Å². The van der Waals surface area contributed by atoms with E-state index in [2.05, 4.69) is 73.0 Å². The number of nitrogens with zero attached hydrogens (tertiary/aromatic N) is 15. The van der Waals surface area contributed by atoms with E-state index in [9.17, 15) is 24.0 Å². The number of ketones is 1. The highest BCUT2D eigenvalue weighted by Crippen LogP contribution is 2.38. The largest absolute Gasteiger partial charge is 1.00 e. The molecule has 0 fully saturated rings. The number of hydrazine groups is 2. The van der Waals surface area contributed by atoms with Crippen molar-refractivity contribution < 1.29 is 46.1 Å². The number of fused-ring (bicyclic) bond motifs is 3. The maximum Gasteiger partial charge on any atom is 0.421 e. The topological polar surface area (TPSA) is 303 Å². The molecule has 0 saturated heterocycles. The predicted molar refractivity (Wildman–Crippen MR) is 340 cm³/mol. The van der Waals surface area contributed by atoms with Gasteiger partial charge in [0.1, 0.15) is 47.1 Å². The van der Waals surface area contributed by atoms with Gasteiger partial charge in [-0.1, -0.05) is 81.4 Å². The molecular weight excluding hydrogens is 1170 g/mol. The molecule has 2 aromatic carbocycles. The summed E-state index contributed by atoms with van der Waals surface area (Å²) in [5.74, 6) is 14.2. The van der Waals surface area contributed by atoms with E-state index < -0.39 is 11.7 Å². The average Bonchev–Trinajstić information content (AvgIpc) is 1.24. The molecule has 4 aromatic heterocycles. The van der Waals surface area contributed by atoms with Crippen LogP contribution in [0, 0.1) is 0 Å². The molecule has 0 spiro atoms. The number of rotatable bonds is 12. The van der Waals surface area contributed by atoms with Gasteiger partial charge < -0.3 is 51.4 Å². The summed E-state index contributed by atoms with van der Waals surface area (Å²) >= 11 is 5.87. The van der Waals surface area contributed by atoms with Gasteiger partial charge in [0, 0.05) is 76.8 Å². The molecule has 4 amide bonds. The minimum atomic E-state index is -0.609. The van der Waals surface area contributed by atoms with Crippen LogP contribution in [-0.2, 0) is 19.1 Å². The van der Waals surface area contributed by atoms with Crippen LogP contribution in [0.2, 0.25) is 5.28 Å². The van der Waals surface area contributed by atoms with E-state index in [0.717, 1.165) is 47.1 Å². The van der Waals surface area contributed by atoms with Crippen LogP contribution in [0.25, 0.3) is 17.3 Å². The lowest BCUT2D eigenvalue weighted by atomic mass is 10.1. The van der Waals surface area contributed by atoms with Crippen molar-refractivity contribution >= 4 is 81.7 Å². The summed E-state index contributed by atoms with van der Waals surface area (Å²) in [5.41, 5.74) is 7.72. The number of likely N-dealkylation sites (N-methyl/N-ethyl adjacent to an activating group) is 3. The van der Waals surface area contributed by atoms with E-state index in [1.165, 1.54) is 6.33 Å². The van der Waals surface area contributed by atoms with Crippen molar-refractivity contribution in [3.05, 3.63) is 109 Å². The van der Waals surface area contributed by atoms with Crippen molar-refractivity contribution in [3.8, 4) is 17.3 Å². The van der Waals surface area contributed by atoms with Gasteiger partial charge in [-0.2, -0.15) is 25.6 Å². The highest BCUT2D eigenvalue weighted by atomic mass is 35.5. The molecule has 7 heterocycles. The summed E-state index contributed by atoms with van der Waals surface area (Å²) in [5, 5.41) is 4.54. The van der Waals surface area contributed by atoms with Gasteiger partial charge in [0.05, 0.1) is 18.6 Å². The number of ether oxygens (including phenoxy) is 1. The van der Waals surface area contributed by atoms with Gasteiger partial charge >= 0.3 is 12.0 Å². The first-order valence-corrected chi connectivity index (χ1v) is 29.1. The number of amides is 4. The third-order valence-electron chi connectivity index (χ3n) is 13.8. The van der Waals surface area contributed by atoms with E-state index in [1.54, 1.807) is 92.2 Å². The zero-order valence-corrected chi connectivity index (χ0v) is 54.9. The first kappa shape index (κ1) is 71.9. The first-order chi connectivity index (χ1) is 41.2. The number of halogens is 2. The Morgan fingerprint density at radius 1 is 0.693 bits per heavy atom. The van der Waals surface area contributed by atoms with E-state index in [-0.39, 0.29) is 77.4 Å². The maximum atomic E-state index is 12.8. The number of aromatic nitrogens is 9. The Morgan fingerprint density at radius 2 is 1.15 bits per heavy atom. The zero-order valence-electron chi connectivity index (χ0n) is 53.4. The summed E-state index contributed by atoms with van der Waals surface area (Å²) < 4.78 is 6.34. The second-order valence-corrected chi connectivity index (χ2v) is 22.7. The SMILES string of the molecule is CC(C)(C)OC(=O)NN.CC[C@@H]1C(=O)N(C)c2c[nH+]c(NN)nc2N1C(C)C.CC[C@@H]1C(=O)N(C)c2cnc(-n3ncnc3-c3ccccc3)nc2N1C(C)C.CC[C@@H]1C(=O)N(C)c2cnc(Cl)nc2N1C(C)C.CN(C)/C=C/C(=O)c1ccccc1.[Cl-]. The third kappa shape index (κ3) is 17.6. The Bertz CT molecular complexity index is 3310. The van der Waals surface area contributed by atoms with Gasteiger partial charge in [0.25, 0.3) is 5.95 Å². The molecule has 9 rings (SSSR count). The van der Waals surface area contributed by atoms with Gasteiger partial charge in [-0.25, -0.2) is 36.0 Å². The van der Waals surface area contributed by atoms with Crippen molar-refractivity contribution in [2.75, 3.05) is 70.1 Å². The van der Waals surface area contributed by atoms with E-state index in [0.29, 0.717) is 35.5 Å². The van der Waals surface area contributed by atoms with Crippen molar-refractivity contribution in [2.24, 2.45) is 11.7 Å². The number of carbonyl (C=O) groups is 5. The molecule has 0 radical (unpaired) electrons. The number of nitrogens with two attached hydrogens (primary N) is 2. The number of anilines is 7. The normalized spacial score (nSPS) is 15.9. The highest BCUT2D eigenvalue weighted by Gasteiger charge is 2.42. The lowest BCUT2D eigenvalue weighted by Crippen LogP contribution is -3.00. The number of aromatic amines is 1. The van der Waals surface area contributed by atoms with E-state index in [4.69, 9.17) is 33.0 Å². The van der Waals surface area contributed by atoms with Gasteiger partial charge in [0.2, 0.25) is 28.8 Å². The molecule has 88 heavy (non-hydrogen) atoms. The standard InChI is InChI=1S/C20H23N7O.C12H17ClN4O.C12H20N6O.C11H13NO.C5H12N2O2.ClH/c1-5-15-19(28)25(4)16-11-21-20(24-18(16)26(15)13(2)3)27-17(22-12-23-27)14-9-7-6-8-10-14;1-5-8-11(18)16(4)9-6-14-12(13)15-10(9)17(8)7(2)3;1-5-8-11(19)17(4)9-6-14-12(16-13)15-10(9)18(8)7(2)3;1-12(2)9-8-11(13)10-6-4-3-5-7-10;1-5(2,3)9-4(8)7-6;/h6-13,15H,5H2,1-4H3;6-8H,5H2,1-4H3;6-8H,5,13H2,1-4H3,(H,14,15,16);3-9H,1-2H3;6H2,1-3H3,(H,7,8);1H/b;;;9-8+;;/t15-;2*8-;;;/m111.../s1. The fourth-order valence-corrected chi connectivity index (χ4v) is 9.84. The molecular formula is C60H86Cl2N20O6. The number of nitrogens with one attached hydrogen (secondary N) is 3. The smallest absolute Gasteiger partial charge is 0.421 e. The van der Waals surface area contributed by atoms with E-state index in [1.807, 2.05) is 130 Å². The molecule has 3 atom stereocenters. The molecule has 0 saturated carbocycles. The Labute approximate surface area is 527 Å². The van der Waals surface area contributed by atoms with Crippen LogP contribution in [0.5, 0.6) is 0 Å². The van der Waals surface area contributed by atoms with Crippen molar-refractivity contribution in [3.63, 3.8) is 0 Å². The zero-order chi connectivity index (χ0) is 64.6. The van der Waals surface area contributed by atoms with Gasteiger partial charge in [-0.3, -0.25) is 24.6 Å². The van der Waals surface area contributed by atoms with Crippen LogP contribution in [0.3, 0.4) is 0 Å². The number of allylic oxidation sites excluding steroid dienone is 1. The number of hydrogen-bond acceptors (Lipinski definition) is 20. The molecule has 0 aliphatic carbocycles. The minimum absolute atomic E-state index is 0. The molecule has 6 aromatic rings. The number of nitrogen functional groups attached to an aromatic ring is 1. The van der Waals surface area contributed by atoms with Gasteiger partial charge in [0.15, 0.2) is 23.2 Å². The van der Waals surface area contributed by atoms with Crippen LogP contribution < -0.4 is 69.3 Å². The lowest BCUT2D eigenvalue weighted by Gasteiger charge is -2.42. The Morgan fingerprint density at radius 3 is 1.58 bits per heavy atom. The summed E-state index contributed by atoms with van der Waals surface area (Å²) in [6, 6.07) is 18.9. The molecule has 7 N–H and O–H groups in total.